The second-order valence-electron chi connectivity index (χ2n) is 5.04. The van der Waals surface area contributed by atoms with E-state index >= 15 is 0 Å². The molecule has 9 heteroatoms. The molecule has 2 amide bonds. The lowest BCUT2D eigenvalue weighted by Gasteiger charge is -2.09. The van der Waals surface area contributed by atoms with Crippen LogP contribution in [0.2, 0.25) is 5.02 Å². The molecule has 7 nitrogen and oxygen atoms in total. The standard InChI is InChI=1S/C17H14BrClN2O5/c18-12-3-1-2-4-13(12)21-15(23)8-20-16(24)9-26-17(25)11-6-5-10(19)7-14(11)22/h1-7,22H,8-9H2,(H,20,24)(H,21,23). The van der Waals surface area contributed by atoms with Gasteiger partial charge in [-0.1, -0.05) is 23.7 Å². The predicted molar refractivity (Wildman–Crippen MR) is 99.2 cm³/mol. The summed E-state index contributed by atoms with van der Waals surface area (Å²) < 4.78 is 5.49. The number of halogens is 2. The third-order valence-corrected chi connectivity index (χ3v) is 4.03. The minimum Gasteiger partial charge on any atom is -0.507 e. The van der Waals surface area contributed by atoms with Gasteiger partial charge in [-0.15, -0.1) is 0 Å². The first-order valence-electron chi connectivity index (χ1n) is 7.33. The van der Waals surface area contributed by atoms with E-state index in [1.54, 1.807) is 24.3 Å². The van der Waals surface area contributed by atoms with E-state index in [1.807, 2.05) is 0 Å². The number of hydrogen-bond acceptors (Lipinski definition) is 5. The van der Waals surface area contributed by atoms with Crippen molar-refractivity contribution in [3.8, 4) is 5.75 Å². The monoisotopic (exact) mass is 440 g/mol. The second-order valence-corrected chi connectivity index (χ2v) is 6.33. The third-order valence-electron chi connectivity index (χ3n) is 3.11. The van der Waals surface area contributed by atoms with Crippen molar-refractivity contribution in [2.75, 3.05) is 18.5 Å². The van der Waals surface area contributed by atoms with E-state index in [4.69, 9.17) is 16.3 Å². The molecule has 0 heterocycles. The van der Waals surface area contributed by atoms with Crippen LogP contribution in [0.5, 0.6) is 5.75 Å². The van der Waals surface area contributed by atoms with E-state index < -0.39 is 24.4 Å². The van der Waals surface area contributed by atoms with Crippen molar-refractivity contribution in [1.29, 1.82) is 0 Å². The van der Waals surface area contributed by atoms with E-state index in [1.165, 1.54) is 18.2 Å². The quantitative estimate of drug-likeness (QED) is 0.598. The summed E-state index contributed by atoms with van der Waals surface area (Å²) in [4.78, 5) is 35.3. The number of rotatable bonds is 6. The van der Waals surface area contributed by atoms with Gasteiger partial charge in [0.1, 0.15) is 11.3 Å². The molecule has 2 aromatic rings. The summed E-state index contributed by atoms with van der Waals surface area (Å²) in [7, 11) is 0. The van der Waals surface area contributed by atoms with Crippen molar-refractivity contribution in [2.45, 2.75) is 0 Å². The number of para-hydroxylation sites is 1. The lowest BCUT2D eigenvalue weighted by molar-refractivity contribution is -0.126. The van der Waals surface area contributed by atoms with Crippen LogP contribution < -0.4 is 10.6 Å². The molecule has 26 heavy (non-hydrogen) atoms. The van der Waals surface area contributed by atoms with Crippen LogP contribution in [0.3, 0.4) is 0 Å². The highest BCUT2D eigenvalue weighted by atomic mass is 79.9. The van der Waals surface area contributed by atoms with E-state index in [9.17, 15) is 19.5 Å². The van der Waals surface area contributed by atoms with Crippen LogP contribution in [0.4, 0.5) is 5.69 Å². The third kappa shape index (κ3) is 5.75. The van der Waals surface area contributed by atoms with Gasteiger partial charge in [-0.2, -0.15) is 0 Å². The fraction of sp³-hybridized carbons (Fsp3) is 0.118. The van der Waals surface area contributed by atoms with Gasteiger partial charge in [0.25, 0.3) is 5.91 Å². The summed E-state index contributed by atoms with van der Waals surface area (Å²) >= 11 is 8.96. The Morgan fingerprint density at radius 1 is 1.12 bits per heavy atom. The van der Waals surface area contributed by atoms with Crippen molar-refractivity contribution in [3.05, 3.63) is 57.5 Å². The smallest absolute Gasteiger partial charge is 0.342 e. The van der Waals surface area contributed by atoms with Gasteiger partial charge in [0, 0.05) is 9.50 Å². The van der Waals surface area contributed by atoms with Crippen molar-refractivity contribution in [3.63, 3.8) is 0 Å². The summed E-state index contributed by atoms with van der Waals surface area (Å²) in [6.45, 7) is -0.882. The van der Waals surface area contributed by atoms with Gasteiger partial charge in [-0.25, -0.2) is 4.79 Å². The zero-order valence-electron chi connectivity index (χ0n) is 13.3. The molecule has 0 aliphatic heterocycles. The van der Waals surface area contributed by atoms with Crippen LogP contribution in [-0.2, 0) is 14.3 Å². The van der Waals surface area contributed by atoms with Crippen LogP contribution in [0.1, 0.15) is 10.4 Å². The van der Waals surface area contributed by atoms with E-state index in [0.29, 0.717) is 10.2 Å². The normalized spacial score (nSPS) is 10.1. The summed E-state index contributed by atoms with van der Waals surface area (Å²) in [5.74, 6) is -2.33. The molecular weight excluding hydrogens is 428 g/mol. The zero-order valence-corrected chi connectivity index (χ0v) is 15.6. The largest absolute Gasteiger partial charge is 0.507 e. The van der Waals surface area contributed by atoms with Gasteiger partial charge in [0.05, 0.1) is 12.2 Å². The number of esters is 1. The SMILES string of the molecule is O=C(COC(=O)c1ccc(Cl)cc1O)NCC(=O)Nc1ccccc1Br. The maximum atomic E-state index is 11.8. The first-order chi connectivity index (χ1) is 12.4. The average molecular weight is 442 g/mol. The van der Waals surface area contributed by atoms with Gasteiger partial charge in [0.15, 0.2) is 6.61 Å². The maximum Gasteiger partial charge on any atom is 0.342 e. The Labute approximate surface area is 162 Å². The van der Waals surface area contributed by atoms with Gasteiger partial charge in [0.2, 0.25) is 5.91 Å². The summed E-state index contributed by atoms with van der Waals surface area (Å²) in [5.41, 5.74) is 0.449. The summed E-state index contributed by atoms with van der Waals surface area (Å²) in [6.07, 6.45) is 0. The first kappa shape index (κ1) is 19.7. The zero-order chi connectivity index (χ0) is 19.1. The van der Waals surface area contributed by atoms with E-state index in [-0.39, 0.29) is 22.9 Å². The Morgan fingerprint density at radius 2 is 1.85 bits per heavy atom. The molecule has 2 aromatic carbocycles. The Morgan fingerprint density at radius 3 is 2.54 bits per heavy atom. The summed E-state index contributed by atoms with van der Waals surface area (Å²) in [6, 6.07) is 10.9. The van der Waals surface area contributed by atoms with Crippen molar-refractivity contribution in [1.82, 2.24) is 5.32 Å². The molecule has 136 valence electrons. The highest BCUT2D eigenvalue weighted by Crippen LogP contribution is 2.22. The topological polar surface area (TPSA) is 105 Å². The van der Waals surface area contributed by atoms with Gasteiger partial charge in [-0.05, 0) is 46.3 Å². The number of hydrogen-bond donors (Lipinski definition) is 3. The number of amides is 2. The number of carbonyl (C=O) groups excluding carboxylic acids is 3. The van der Waals surface area contributed by atoms with Gasteiger partial charge < -0.3 is 20.5 Å². The fourth-order valence-electron chi connectivity index (χ4n) is 1.87. The molecule has 0 fully saturated rings. The molecule has 0 aliphatic rings. The maximum absolute atomic E-state index is 11.8. The molecule has 3 N–H and O–H groups in total. The second kappa shape index (κ2) is 9.21. The Balaban J connectivity index is 1.77. The molecule has 0 atom stereocenters. The number of phenolic OH excluding ortho intramolecular Hbond substituents is 1. The fourth-order valence-corrected chi connectivity index (χ4v) is 2.42. The molecular formula is C17H14BrClN2O5. The number of ether oxygens (including phenoxy) is 1. The number of nitrogens with one attached hydrogen (secondary N) is 2. The van der Waals surface area contributed by atoms with Crippen LogP contribution in [0.15, 0.2) is 46.9 Å². The minimum atomic E-state index is -0.882. The lowest BCUT2D eigenvalue weighted by Crippen LogP contribution is -2.35. The van der Waals surface area contributed by atoms with Crippen molar-refractivity contribution < 1.29 is 24.2 Å². The van der Waals surface area contributed by atoms with E-state index in [2.05, 4.69) is 26.6 Å². The number of benzene rings is 2. The molecule has 0 aromatic heterocycles. The molecule has 0 spiro atoms. The molecule has 0 radical (unpaired) electrons. The van der Waals surface area contributed by atoms with Gasteiger partial charge >= 0.3 is 5.97 Å². The molecule has 0 saturated heterocycles. The van der Waals surface area contributed by atoms with Crippen LogP contribution in [-0.4, -0.2) is 36.0 Å². The van der Waals surface area contributed by atoms with Crippen molar-refractivity contribution in [2.24, 2.45) is 0 Å². The first-order valence-corrected chi connectivity index (χ1v) is 8.50. The van der Waals surface area contributed by atoms with Crippen LogP contribution in [0.25, 0.3) is 0 Å². The number of phenols is 1. The highest BCUT2D eigenvalue weighted by molar-refractivity contribution is 9.10. The number of carbonyl (C=O) groups is 3. The number of aromatic hydroxyl groups is 1. The van der Waals surface area contributed by atoms with Gasteiger partial charge in [-0.3, -0.25) is 9.59 Å². The minimum absolute atomic E-state index is 0.117. The van der Waals surface area contributed by atoms with Crippen molar-refractivity contribution >= 4 is 51.0 Å². The van der Waals surface area contributed by atoms with Crippen LogP contribution in [0, 0.1) is 0 Å². The predicted octanol–water partition coefficient (Wildman–Crippen LogP) is 2.72. The molecule has 0 aliphatic carbocycles. The summed E-state index contributed by atoms with van der Waals surface area (Å²) in [5, 5.41) is 14.8. The molecule has 2 rings (SSSR count). The average Bonchev–Trinajstić information content (AvgIpc) is 2.60. The van der Waals surface area contributed by atoms with Crippen LogP contribution >= 0.6 is 27.5 Å². The molecule has 0 saturated carbocycles. The Bertz CT molecular complexity index is 844. The molecule has 0 bridgehead atoms. The number of anilines is 1. The van der Waals surface area contributed by atoms with E-state index in [0.717, 1.165) is 0 Å². The highest BCUT2D eigenvalue weighted by Gasteiger charge is 2.15. The molecule has 0 unspecified atom stereocenters. The lowest BCUT2D eigenvalue weighted by atomic mass is 10.2. The Kier molecular flexibility index (Phi) is 6.99. The Hall–Kier alpha value is -2.58.